The Balaban J connectivity index is 2.06. The van der Waals surface area contributed by atoms with E-state index >= 15 is 0 Å². The summed E-state index contributed by atoms with van der Waals surface area (Å²) < 4.78 is 11.5. The van der Waals surface area contributed by atoms with Gasteiger partial charge in [0.25, 0.3) is 0 Å². The molecule has 2 amide bonds. The Bertz CT molecular complexity index is 695. The van der Waals surface area contributed by atoms with Crippen molar-refractivity contribution in [2.45, 2.75) is 70.4 Å². The van der Waals surface area contributed by atoms with Crippen molar-refractivity contribution in [1.82, 2.24) is 9.80 Å². The number of carbonyl (C=O) groups excluding carboxylic acids is 3. The molecule has 8 nitrogen and oxygen atoms in total. The van der Waals surface area contributed by atoms with Crippen molar-refractivity contribution < 1.29 is 29.0 Å². The van der Waals surface area contributed by atoms with E-state index in [2.05, 4.69) is 6.58 Å². The second-order valence-electron chi connectivity index (χ2n) is 8.46. The third-order valence-corrected chi connectivity index (χ3v) is 6.50. The van der Waals surface area contributed by atoms with Crippen LogP contribution in [0.1, 0.15) is 40.5 Å². The smallest absolute Gasteiger partial charge is 0.312 e. The van der Waals surface area contributed by atoms with Gasteiger partial charge in [-0.25, -0.2) is 0 Å². The van der Waals surface area contributed by atoms with E-state index in [9.17, 15) is 19.5 Å². The van der Waals surface area contributed by atoms with Crippen LogP contribution in [0.25, 0.3) is 0 Å². The van der Waals surface area contributed by atoms with Gasteiger partial charge in [-0.1, -0.05) is 6.08 Å². The molecule has 0 aromatic rings. The molecule has 0 saturated carbocycles. The second-order valence-corrected chi connectivity index (χ2v) is 8.46. The zero-order chi connectivity index (χ0) is 21.5. The van der Waals surface area contributed by atoms with Gasteiger partial charge in [-0.2, -0.15) is 0 Å². The van der Waals surface area contributed by atoms with Crippen LogP contribution in [0.5, 0.6) is 0 Å². The molecule has 3 aliphatic rings. The van der Waals surface area contributed by atoms with E-state index in [1.807, 2.05) is 13.8 Å². The largest absolute Gasteiger partial charge is 0.466 e. The molecule has 1 spiro atoms. The zero-order valence-corrected chi connectivity index (χ0v) is 17.7. The van der Waals surface area contributed by atoms with E-state index in [-0.39, 0.29) is 31.1 Å². The highest BCUT2D eigenvalue weighted by molar-refractivity contribution is 5.98. The summed E-state index contributed by atoms with van der Waals surface area (Å²) in [5.74, 6) is -2.47. The molecular weight excluding hydrogens is 376 g/mol. The molecular formula is C21H32N2O6. The number of rotatable bonds is 8. The van der Waals surface area contributed by atoms with E-state index in [1.165, 1.54) is 4.90 Å². The minimum absolute atomic E-state index is 0.100. The van der Waals surface area contributed by atoms with Crippen LogP contribution in [-0.4, -0.2) is 82.3 Å². The number of nitrogens with zero attached hydrogens (tertiary/aromatic N) is 2. The van der Waals surface area contributed by atoms with Crippen molar-refractivity contribution in [2.75, 3.05) is 19.8 Å². The van der Waals surface area contributed by atoms with Gasteiger partial charge in [0, 0.05) is 12.6 Å². The van der Waals surface area contributed by atoms with Gasteiger partial charge in [0.15, 0.2) is 0 Å². The minimum atomic E-state index is -1.06. The molecule has 3 heterocycles. The van der Waals surface area contributed by atoms with Crippen molar-refractivity contribution in [3.05, 3.63) is 12.7 Å². The Morgan fingerprint density at radius 3 is 2.69 bits per heavy atom. The number of ether oxygens (including phenoxy) is 2. The molecule has 3 saturated heterocycles. The summed E-state index contributed by atoms with van der Waals surface area (Å²) in [6.07, 6.45) is 2.35. The molecule has 162 valence electrons. The highest BCUT2D eigenvalue weighted by Gasteiger charge is 2.75. The first kappa shape index (κ1) is 21.8. The first-order valence-electron chi connectivity index (χ1n) is 10.4. The number of amides is 2. The Morgan fingerprint density at radius 2 is 2.14 bits per heavy atom. The Morgan fingerprint density at radius 1 is 1.45 bits per heavy atom. The molecule has 3 aliphatic heterocycles. The van der Waals surface area contributed by atoms with Crippen LogP contribution in [0.15, 0.2) is 12.7 Å². The van der Waals surface area contributed by atoms with Crippen LogP contribution < -0.4 is 0 Å². The van der Waals surface area contributed by atoms with E-state index in [0.717, 1.165) is 0 Å². The molecule has 0 aromatic heterocycles. The van der Waals surface area contributed by atoms with Crippen LogP contribution >= 0.6 is 0 Å². The predicted octanol–water partition coefficient (Wildman–Crippen LogP) is 0.728. The molecule has 1 N–H and O–H groups in total. The lowest BCUT2D eigenvalue weighted by Crippen LogP contribution is -2.59. The maximum atomic E-state index is 13.7. The average Bonchev–Trinajstić information content (AvgIpc) is 3.32. The van der Waals surface area contributed by atoms with Gasteiger partial charge in [0.2, 0.25) is 11.8 Å². The Hall–Kier alpha value is -1.93. The topological polar surface area (TPSA) is 96.4 Å². The summed E-state index contributed by atoms with van der Waals surface area (Å²) in [6, 6.07) is -1.55. The normalized spacial score (nSPS) is 33.7. The van der Waals surface area contributed by atoms with E-state index < -0.39 is 41.6 Å². The van der Waals surface area contributed by atoms with Crippen LogP contribution in [0, 0.1) is 11.8 Å². The predicted molar refractivity (Wildman–Crippen MR) is 105 cm³/mol. The fraction of sp³-hybridized carbons (Fsp3) is 0.762. The third kappa shape index (κ3) is 3.17. The second kappa shape index (κ2) is 8.07. The maximum Gasteiger partial charge on any atom is 0.312 e. The lowest BCUT2D eigenvalue weighted by molar-refractivity contribution is -0.156. The lowest BCUT2D eigenvalue weighted by atomic mass is 9.70. The average molecular weight is 408 g/mol. The molecule has 2 unspecified atom stereocenters. The van der Waals surface area contributed by atoms with Crippen molar-refractivity contribution >= 4 is 17.8 Å². The van der Waals surface area contributed by atoms with Gasteiger partial charge in [0.05, 0.1) is 37.2 Å². The lowest BCUT2D eigenvalue weighted by Gasteiger charge is -2.39. The number of aliphatic hydroxyl groups is 1. The van der Waals surface area contributed by atoms with Crippen LogP contribution in [0.3, 0.4) is 0 Å². The number of likely N-dealkylation sites (tertiary alicyclic amines) is 1. The first-order chi connectivity index (χ1) is 13.7. The SMILES string of the molecule is C=CCN(C(=O)C1N([C@H](C)CO)C(=O)[C@@H]2[C@H](C(=O)OCC)[C@@H]3CCC12O3)C(C)C. The number of hydrogen-bond donors (Lipinski definition) is 1. The molecule has 2 bridgehead atoms. The highest BCUT2D eigenvalue weighted by Crippen LogP contribution is 2.59. The standard InChI is InChI=1S/C21H32N2O6/c1-6-10-22(12(3)4)19(26)17-21-9-8-14(29-21)15(20(27)28-7-2)16(21)18(25)23(17)13(5)11-24/h6,12-17,24H,1,7-11H2,2-5H3/t13-,14+,15-,16+,17?,21?/m1/s1. The van der Waals surface area contributed by atoms with Crippen LogP contribution in [-0.2, 0) is 23.9 Å². The molecule has 0 aromatic carbocycles. The summed E-state index contributed by atoms with van der Waals surface area (Å²) >= 11 is 0. The van der Waals surface area contributed by atoms with Crippen LogP contribution in [0.4, 0.5) is 0 Å². The monoisotopic (exact) mass is 408 g/mol. The van der Waals surface area contributed by atoms with Crippen molar-refractivity contribution in [3.63, 3.8) is 0 Å². The minimum Gasteiger partial charge on any atom is -0.466 e. The summed E-state index contributed by atoms with van der Waals surface area (Å²) in [4.78, 5) is 42.9. The highest BCUT2D eigenvalue weighted by atomic mass is 16.6. The molecule has 3 rings (SSSR count). The van der Waals surface area contributed by atoms with Crippen LogP contribution in [0.2, 0.25) is 0 Å². The molecule has 0 aliphatic carbocycles. The summed E-state index contributed by atoms with van der Waals surface area (Å²) in [6.45, 7) is 11.2. The maximum absolute atomic E-state index is 13.7. The number of esters is 1. The molecule has 8 heteroatoms. The van der Waals surface area contributed by atoms with Crippen molar-refractivity contribution in [2.24, 2.45) is 11.8 Å². The molecule has 6 atom stereocenters. The third-order valence-electron chi connectivity index (χ3n) is 6.50. The number of fused-ring (bicyclic) bond motifs is 1. The number of aliphatic hydroxyl groups excluding tert-OH is 1. The number of hydrogen-bond acceptors (Lipinski definition) is 6. The van der Waals surface area contributed by atoms with E-state index in [0.29, 0.717) is 19.4 Å². The quantitative estimate of drug-likeness (QED) is 0.470. The van der Waals surface area contributed by atoms with Gasteiger partial charge >= 0.3 is 5.97 Å². The summed E-state index contributed by atoms with van der Waals surface area (Å²) in [5.41, 5.74) is -1.06. The van der Waals surface area contributed by atoms with Gasteiger partial charge in [-0.3, -0.25) is 14.4 Å². The van der Waals surface area contributed by atoms with Crippen molar-refractivity contribution in [1.29, 1.82) is 0 Å². The Kier molecular flexibility index (Phi) is 6.06. The first-order valence-corrected chi connectivity index (χ1v) is 10.4. The van der Waals surface area contributed by atoms with Gasteiger partial charge in [-0.05, 0) is 40.5 Å². The molecule has 0 radical (unpaired) electrons. The summed E-state index contributed by atoms with van der Waals surface area (Å²) in [5, 5.41) is 9.79. The number of carbonyl (C=O) groups is 3. The fourth-order valence-electron chi connectivity index (χ4n) is 5.29. The van der Waals surface area contributed by atoms with E-state index in [4.69, 9.17) is 9.47 Å². The molecule has 29 heavy (non-hydrogen) atoms. The summed E-state index contributed by atoms with van der Waals surface area (Å²) in [7, 11) is 0. The van der Waals surface area contributed by atoms with E-state index in [1.54, 1.807) is 24.8 Å². The Labute approximate surface area is 171 Å². The van der Waals surface area contributed by atoms with Gasteiger partial charge in [-0.15, -0.1) is 6.58 Å². The van der Waals surface area contributed by atoms with Gasteiger partial charge in [0.1, 0.15) is 11.6 Å². The van der Waals surface area contributed by atoms with Gasteiger partial charge < -0.3 is 24.4 Å². The fourth-order valence-corrected chi connectivity index (χ4v) is 5.29. The zero-order valence-electron chi connectivity index (χ0n) is 17.7. The molecule has 3 fully saturated rings. The van der Waals surface area contributed by atoms with Crippen molar-refractivity contribution in [3.8, 4) is 0 Å².